The minimum absolute atomic E-state index is 0.101. The van der Waals surface area contributed by atoms with Gasteiger partial charge in [-0.15, -0.1) is 0 Å². The van der Waals surface area contributed by atoms with Crippen LogP contribution in [0.1, 0.15) is 11.5 Å². The van der Waals surface area contributed by atoms with Gasteiger partial charge in [0.25, 0.3) is 0 Å². The first-order chi connectivity index (χ1) is 8.15. The summed E-state index contributed by atoms with van der Waals surface area (Å²) in [5, 5.41) is 15.1. The van der Waals surface area contributed by atoms with E-state index in [1.807, 2.05) is 0 Å². The molecule has 90 valence electrons. The van der Waals surface area contributed by atoms with E-state index >= 15 is 0 Å². The van der Waals surface area contributed by atoms with Gasteiger partial charge in [0.05, 0.1) is 12.6 Å². The van der Waals surface area contributed by atoms with Crippen molar-refractivity contribution in [1.29, 1.82) is 0 Å². The third kappa shape index (κ3) is 3.02. The zero-order valence-corrected chi connectivity index (χ0v) is 9.45. The number of H-pyrrole nitrogens is 1. The quantitative estimate of drug-likeness (QED) is 0.618. The van der Waals surface area contributed by atoms with Gasteiger partial charge in [-0.05, 0) is 6.07 Å². The van der Waals surface area contributed by atoms with Crippen molar-refractivity contribution in [2.24, 2.45) is 0 Å². The Bertz CT molecular complexity index is 571. The van der Waals surface area contributed by atoms with E-state index in [4.69, 9.17) is 4.42 Å². The molecule has 2 heterocycles. The SMILES string of the molecule is O=c1[nH]c(CNCc2ccc([N+](=O)[O-])o2)cs1. The number of nitrogens with one attached hydrogen (secondary N) is 2. The van der Waals surface area contributed by atoms with Crippen LogP contribution in [-0.4, -0.2) is 9.91 Å². The molecule has 2 N–H and O–H groups in total. The van der Waals surface area contributed by atoms with Crippen LogP contribution in [0.25, 0.3) is 0 Å². The molecule has 7 nitrogen and oxygen atoms in total. The molecule has 0 aromatic carbocycles. The summed E-state index contributed by atoms with van der Waals surface area (Å²) >= 11 is 1.09. The predicted octanol–water partition coefficient (Wildman–Crippen LogP) is 1.23. The number of furan rings is 1. The minimum atomic E-state index is -0.583. The third-order valence-corrected chi connectivity index (χ3v) is 2.73. The third-order valence-electron chi connectivity index (χ3n) is 2.01. The van der Waals surface area contributed by atoms with Gasteiger partial charge in [0.15, 0.2) is 0 Å². The number of hydrogen-bond donors (Lipinski definition) is 2. The van der Waals surface area contributed by atoms with Gasteiger partial charge in [0.2, 0.25) is 0 Å². The maximum Gasteiger partial charge on any atom is 0.433 e. The van der Waals surface area contributed by atoms with Gasteiger partial charge >= 0.3 is 10.8 Å². The molecule has 0 amide bonds. The normalized spacial score (nSPS) is 10.6. The molecule has 0 spiro atoms. The molecular weight excluding hydrogens is 246 g/mol. The number of aromatic nitrogens is 1. The predicted molar refractivity (Wildman–Crippen MR) is 60.8 cm³/mol. The smallest absolute Gasteiger partial charge is 0.404 e. The Hall–Kier alpha value is -1.93. The Morgan fingerprint density at radius 3 is 2.88 bits per heavy atom. The van der Waals surface area contributed by atoms with Crippen molar-refractivity contribution in [3.05, 3.63) is 48.7 Å². The Morgan fingerprint density at radius 1 is 1.47 bits per heavy atom. The monoisotopic (exact) mass is 255 g/mol. The topological polar surface area (TPSA) is 101 Å². The van der Waals surface area contributed by atoms with Crippen LogP contribution in [0.3, 0.4) is 0 Å². The van der Waals surface area contributed by atoms with E-state index in [1.54, 1.807) is 11.4 Å². The van der Waals surface area contributed by atoms with E-state index < -0.39 is 4.92 Å². The standard InChI is InChI=1S/C9H9N3O4S/c13-9-11-6(5-17-9)3-10-4-7-1-2-8(16-7)12(14)15/h1-2,5,10H,3-4H2,(H,11,13). The molecule has 0 saturated heterocycles. The average Bonchev–Trinajstić information content (AvgIpc) is 2.88. The molecule has 2 aromatic rings. The van der Waals surface area contributed by atoms with E-state index in [0.717, 1.165) is 17.0 Å². The highest BCUT2D eigenvalue weighted by Gasteiger charge is 2.11. The Morgan fingerprint density at radius 2 is 2.29 bits per heavy atom. The van der Waals surface area contributed by atoms with Gasteiger partial charge in [-0.3, -0.25) is 14.9 Å². The molecule has 0 unspecified atom stereocenters. The summed E-state index contributed by atoms with van der Waals surface area (Å²) in [6.07, 6.45) is 0. The molecule has 0 bridgehead atoms. The van der Waals surface area contributed by atoms with Crippen LogP contribution in [0.15, 0.2) is 26.7 Å². The highest BCUT2D eigenvalue weighted by molar-refractivity contribution is 7.07. The van der Waals surface area contributed by atoms with Crippen LogP contribution in [0, 0.1) is 10.1 Å². The summed E-state index contributed by atoms with van der Waals surface area (Å²) in [7, 11) is 0. The minimum Gasteiger partial charge on any atom is -0.404 e. The number of nitro groups is 1. The van der Waals surface area contributed by atoms with Gasteiger partial charge in [0.1, 0.15) is 10.7 Å². The average molecular weight is 255 g/mol. The van der Waals surface area contributed by atoms with Crippen molar-refractivity contribution in [3.63, 3.8) is 0 Å². The van der Waals surface area contributed by atoms with Crippen LogP contribution in [0.5, 0.6) is 0 Å². The van der Waals surface area contributed by atoms with E-state index in [0.29, 0.717) is 18.8 Å². The van der Waals surface area contributed by atoms with E-state index in [9.17, 15) is 14.9 Å². The molecule has 0 aliphatic heterocycles. The lowest BCUT2D eigenvalue weighted by molar-refractivity contribution is -0.402. The summed E-state index contributed by atoms with van der Waals surface area (Å²) in [6, 6.07) is 2.85. The first kappa shape index (κ1) is 11.6. The Balaban J connectivity index is 1.85. The molecule has 8 heteroatoms. The molecule has 0 aliphatic carbocycles. The lowest BCUT2D eigenvalue weighted by Gasteiger charge is -1.98. The van der Waals surface area contributed by atoms with Crippen molar-refractivity contribution in [2.75, 3.05) is 0 Å². The molecule has 2 rings (SSSR count). The molecule has 0 aliphatic rings. The fraction of sp³-hybridized carbons (Fsp3) is 0.222. The van der Waals surface area contributed by atoms with Crippen LogP contribution in [0.2, 0.25) is 0 Å². The van der Waals surface area contributed by atoms with Crippen molar-refractivity contribution < 1.29 is 9.34 Å². The fourth-order valence-corrected chi connectivity index (χ4v) is 1.86. The first-order valence-corrected chi connectivity index (χ1v) is 5.63. The first-order valence-electron chi connectivity index (χ1n) is 4.75. The second-order valence-corrected chi connectivity index (χ2v) is 4.12. The van der Waals surface area contributed by atoms with Crippen molar-refractivity contribution in [1.82, 2.24) is 10.3 Å². The maximum atomic E-state index is 10.8. The molecule has 0 saturated carbocycles. The number of thiazole rings is 1. The van der Waals surface area contributed by atoms with Crippen LogP contribution in [-0.2, 0) is 13.1 Å². The molecular formula is C9H9N3O4S. The number of hydrogen-bond acceptors (Lipinski definition) is 6. The van der Waals surface area contributed by atoms with Gasteiger partial charge in [-0.1, -0.05) is 11.3 Å². The molecule has 0 fully saturated rings. The molecule has 2 aromatic heterocycles. The molecule has 0 atom stereocenters. The van der Waals surface area contributed by atoms with Gasteiger partial charge < -0.3 is 14.7 Å². The Kier molecular flexibility index (Phi) is 3.35. The lowest BCUT2D eigenvalue weighted by atomic mass is 10.4. The summed E-state index contributed by atoms with van der Waals surface area (Å²) in [4.78, 5) is 23.2. The summed E-state index contributed by atoms with van der Waals surface area (Å²) in [6.45, 7) is 0.846. The zero-order chi connectivity index (χ0) is 12.3. The van der Waals surface area contributed by atoms with E-state index in [-0.39, 0.29) is 10.8 Å². The summed E-state index contributed by atoms with van der Waals surface area (Å²) in [5.74, 6) is 0.208. The number of nitrogens with zero attached hydrogens (tertiary/aromatic N) is 1. The van der Waals surface area contributed by atoms with Gasteiger partial charge in [0, 0.05) is 17.6 Å². The van der Waals surface area contributed by atoms with E-state index in [1.165, 1.54) is 6.07 Å². The zero-order valence-electron chi connectivity index (χ0n) is 8.63. The van der Waals surface area contributed by atoms with Crippen LogP contribution in [0.4, 0.5) is 5.88 Å². The lowest BCUT2D eigenvalue weighted by Crippen LogP contribution is -2.13. The van der Waals surface area contributed by atoms with Gasteiger partial charge in [-0.25, -0.2) is 0 Å². The van der Waals surface area contributed by atoms with Gasteiger partial charge in [-0.2, -0.15) is 0 Å². The number of aromatic amines is 1. The second kappa shape index (κ2) is 4.93. The number of rotatable bonds is 5. The van der Waals surface area contributed by atoms with Crippen LogP contribution >= 0.6 is 11.3 Å². The van der Waals surface area contributed by atoms with Crippen molar-refractivity contribution in [2.45, 2.75) is 13.1 Å². The highest BCUT2D eigenvalue weighted by Crippen LogP contribution is 2.15. The Labute approximate surface area is 99.2 Å². The fourth-order valence-electron chi connectivity index (χ4n) is 1.28. The molecule has 0 radical (unpaired) electrons. The summed E-state index contributed by atoms with van der Waals surface area (Å²) < 4.78 is 4.96. The van der Waals surface area contributed by atoms with E-state index in [2.05, 4.69) is 10.3 Å². The largest absolute Gasteiger partial charge is 0.433 e. The second-order valence-electron chi connectivity index (χ2n) is 3.27. The van der Waals surface area contributed by atoms with Crippen molar-refractivity contribution in [3.8, 4) is 0 Å². The van der Waals surface area contributed by atoms with Crippen LogP contribution < -0.4 is 10.2 Å². The van der Waals surface area contributed by atoms with Crippen molar-refractivity contribution >= 4 is 17.2 Å². The maximum absolute atomic E-state index is 10.8. The highest BCUT2D eigenvalue weighted by atomic mass is 32.1. The molecule has 17 heavy (non-hydrogen) atoms. The summed E-state index contributed by atoms with van der Waals surface area (Å²) in [5.41, 5.74) is 0.779.